The van der Waals surface area contributed by atoms with E-state index in [0.29, 0.717) is 13.1 Å². The van der Waals surface area contributed by atoms with Gasteiger partial charge in [0.05, 0.1) is 5.41 Å². The molecule has 0 spiro atoms. The summed E-state index contributed by atoms with van der Waals surface area (Å²) in [4.78, 5) is 19.2. The standard InChI is InChI=1S/C19H35N7OS.HI/c1-15-23-24-16(26(15)4)13-21-18(20-11-8-12-28-5)22-14-19(9-6-7-10-19)17(27)25(2)3;/h6-14H2,1-5H3,(H2,20,21,22);1H. The van der Waals surface area contributed by atoms with Crippen molar-refractivity contribution in [2.75, 3.05) is 39.2 Å². The second-order valence-electron chi connectivity index (χ2n) is 7.70. The SMILES string of the molecule is CSCCCNC(=NCc1nnc(C)n1C)NCC1(C(=O)N(C)C)CCCC1.I. The van der Waals surface area contributed by atoms with Crippen molar-refractivity contribution in [2.24, 2.45) is 17.5 Å². The van der Waals surface area contributed by atoms with Crippen molar-refractivity contribution in [2.45, 2.75) is 45.6 Å². The highest BCUT2D eigenvalue weighted by molar-refractivity contribution is 14.0. The summed E-state index contributed by atoms with van der Waals surface area (Å²) in [5, 5.41) is 15.1. The van der Waals surface area contributed by atoms with E-state index in [4.69, 9.17) is 4.99 Å². The summed E-state index contributed by atoms with van der Waals surface area (Å²) in [6, 6.07) is 0. The van der Waals surface area contributed by atoms with Gasteiger partial charge < -0.3 is 20.1 Å². The Labute approximate surface area is 196 Å². The van der Waals surface area contributed by atoms with Crippen LogP contribution in [0.2, 0.25) is 0 Å². The summed E-state index contributed by atoms with van der Waals surface area (Å²) in [7, 11) is 5.63. The molecule has 2 N–H and O–H groups in total. The van der Waals surface area contributed by atoms with Gasteiger partial charge in [-0.25, -0.2) is 4.99 Å². The zero-order chi connectivity index (χ0) is 20.6. The van der Waals surface area contributed by atoms with E-state index in [9.17, 15) is 4.79 Å². The van der Waals surface area contributed by atoms with Gasteiger partial charge in [-0.1, -0.05) is 12.8 Å². The molecule has 1 aliphatic carbocycles. The fourth-order valence-corrected chi connectivity index (χ4v) is 4.01. The number of carbonyl (C=O) groups is 1. The molecule has 0 aromatic carbocycles. The highest BCUT2D eigenvalue weighted by atomic mass is 127. The second-order valence-corrected chi connectivity index (χ2v) is 8.69. The number of amides is 1. The zero-order valence-corrected chi connectivity index (χ0v) is 21.5. The van der Waals surface area contributed by atoms with E-state index >= 15 is 0 Å². The Morgan fingerprint density at radius 2 is 1.97 bits per heavy atom. The molecule has 166 valence electrons. The van der Waals surface area contributed by atoms with Crippen molar-refractivity contribution in [3.05, 3.63) is 11.6 Å². The van der Waals surface area contributed by atoms with Crippen LogP contribution < -0.4 is 10.6 Å². The van der Waals surface area contributed by atoms with E-state index in [0.717, 1.165) is 62.0 Å². The van der Waals surface area contributed by atoms with Crippen LogP contribution in [0.1, 0.15) is 43.8 Å². The average Bonchev–Trinajstić information content (AvgIpc) is 3.28. The molecule has 1 aromatic rings. The molecule has 0 atom stereocenters. The molecule has 29 heavy (non-hydrogen) atoms. The van der Waals surface area contributed by atoms with Gasteiger partial charge in [0.15, 0.2) is 11.8 Å². The summed E-state index contributed by atoms with van der Waals surface area (Å²) in [5.41, 5.74) is -0.327. The molecule has 0 unspecified atom stereocenters. The van der Waals surface area contributed by atoms with Crippen LogP contribution in [0.3, 0.4) is 0 Å². The van der Waals surface area contributed by atoms with Crippen molar-refractivity contribution in [3.8, 4) is 0 Å². The number of halogens is 1. The Morgan fingerprint density at radius 3 is 2.52 bits per heavy atom. The van der Waals surface area contributed by atoms with Crippen molar-refractivity contribution in [3.63, 3.8) is 0 Å². The Bertz CT molecular complexity index is 672. The number of aliphatic imine (C=N–C) groups is 1. The lowest BCUT2D eigenvalue weighted by atomic mass is 9.84. The van der Waals surface area contributed by atoms with Crippen LogP contribution in [-0.4, -0.2) is 70.7 Å². The molecule has 1 saturated carbocycles. The van der Waals surface area contributed by atoms with Gasteiger partial charge in [0, 0.05) is 34.2 Å². The number of nitrogens with zero attached hydrogens (tertiary/aromatic N) is 5. The third-order valence-electron chi connectivity index (χ3n) is 5.39. The van der Waals surface area contributed by atoms with Crippen molar-refractivity contribution < 1.29 is 4.79 Å². The normalized spacial score (nSPS) is 15.7. The molecule has 0 aliphatic heterocycles. The van der Waals surface area contributed by atoms with Crippen LogP contribution >= 0.6 is 35.7 Å². The van der Waals surface area contributed by atoms with Gasteiger partial charge in [-0.05, 0) is 38.2 Å². The van der Waals surface area contributed by atoms with Crippen molar-refractivity contribution in [1.29, 1.82) is 0 Å². The molecule has 1 amide bonds. The van der Waals surface area contributed by atoms with Crippen LogP contribution in [-0.2, 0) is 18.4 Å². The van der Waals surface area contributed by atoms with Crippen LogP contribution in [0, 0.1) is 12.3 Å². The maximum Gasteiger partial charge on any atom is 0.230 e. The number of aromatic nitrogens is 3. The number of nitrogens with one attached hydrogen (secondary N) is 2. The first kappa shape index (κ1) is 26.0. The van der Waals surface area contributed by atoms with E-state index in [1.165, 1.54) is 0 Å². The van der Waals surface area contributed by atoms with E-state index in [1.54, 1.807) is 4.90 Å². The van der Waals surface area contributed by atoms with Crippen LogP contribution in [0.25, 0.3) is 0 Å². The summed E-state index contributed by atoms with van der Waals surface area (Å²) in [5.74, 6) is 3.74. The molecule has 8 nitrogen and oxygen atoms in total. The smallest absolute Gasteiger partial charge is 0.230 e. The Hall–Kier alpha value is -1.04. The minimum Gasteiger partial charge on any atom is -0.356 e. The molecule has 1 aliphatic rings. The first-order chi connectivity index (χ1) is 13.4. The lowest BCUT2D eigenvalue weighted by molar-refractivity contribution is -0.138. The predicted octanol–water partition coefficient (Wildman–Crippen LogP) is 2.18. The summed E-state index contributed by atoms with van der Waals surface area (Å²) >= 11 is 1.84. The third kappa shape index (κ3) is 7.30. The Kier molecular flexibility index (Phi) is 11.3. The Morgan fingerprint density at radius 1 is 1.28 bits per heavy atom. The third-order valence-corrected chi connectivity index (χ3v) is 6.09. The minimum atomic E-state index is -0.327. The van der Waals surface area contributed by atoms with Gasteiger partial charge in [0.25, 0.3) is 0 Å². The summed E-state index contributed by atoms with van der Waals surface area (Å²) in [6.45, 7) is 3.83. The maximum absolute atomic E-state index is 12.8. The summed E-state index contributed by atoms with van der Waals surface area (Å²) < 4.78 is 1.95. The quantitative estimate of drug-likeness (QED) is 0.217. The first-order valence-electron chi connectivity index (χ1n) is 9.97. The number of thioether (sulfide) groups is 1. The first-order valence-corrected chi connectivity index (χ1v) is 11.4. The minimum absolute atomic E-state index is 0. The predicted molar refractivity (Wildman–Crippen MR) is 131 cm³/mol. The van der Waals surface area contributed by atoms with Gasteiger partial charge >= 0.3 is 0 Å². The fraction of sp³-hybridized carbons (Fsp3) is 0.789. The number of carbonyl (C=O) groups excluding carboxylic acids is 1. The highest BCUT2D eigenvalue weighted by Crippen LogP contribution is 2.38. The number of guanidine groups is 1. The number of hydrogen-bond donors (Lipinski definition) is 2. The molecule has 1 fully saturated rings. The molecule has 1 heterocycles. The van der Waals surface area contributed by atoms with Gasteiger partial charge in [-0.2, -0.15) is 11.8 Å². The van der Waals surface area contributed by atoms with Crippen LogP contribution in [0.15, 0.2) is 4.99 Å². The van der Waals surface area contributed by atoms with E-state index in [-0.39, 0.29) is 35.3 Å². The molecule has 10 heteroatoms. The van der Waals surface area contributed by atoms with E-state index in [1.807, 2.05) is 44.4 Å². The summed E-state index contributed by atoms with van der Waals surface area (Å²) in [6.07, 6.45) is 7.24. The van der Waals surface area contributed by atoms with E-state index in [2.05, 4.69) is 27.1 Å². The van der Waals surface area contributed by atoms with Gasteiger partial charge in [0.2, 0.25) is 5.91 Å². The molecule has 1 aromatic heterocycles. The topological polar surface area (TPSA) is 87.4 Å². The lowest BCUT2D eigenvalue weighted by Crippen LogP contribution is -2.49. The molecular formula is C19H36IN7OS. The fourth-order valence-electron chi connectivity index (χ4n) is 3.58. The number of rotatable bonds is 9. The van der Waals surface area contributed by atoms with Gasteiger partial charge in [-0.15, -0.1) is 34.2 Å². The van der Waals surface area contributed by atoms with Crippen LogP contribution in [0.4, 0.5) is 0 Å². The van der Waals surface area contributed by atoms with Crippen molar-refractivity contribution >= 4 is 47.6 Å². The monoisotopic (exact) mass is 537 g/mol. The van der Waals surface area contributed by atoms with Crippen LogP contribution in [0.5, 0.6) is 0 Å². The molecule has 0 saturated heterocycles. The molecule has 2 rings (SSSR count). The van der Waals surface area contributed by atoms with Gasteiger partial charge in [-0.3, -0.25) is 4.79 Å². The highest BCUT2D eigenvalue weighted by Gasteiger charge is 2.42. The molecular weight excluding hydrogens is 501 g/mol. The number of hydrogen-bond acceptors (Lipinski definition) is 5. The molecule has 0 bridgehead atoms. The van der Waals surface area contributed by atoms with E-state index < -0.39 is 0 Å². The zero-order valence-electron chi connectivity index (χ0n) is 18.3. The average molecular weight is 538 g/mol. The molecule has 0 radical (unpaired) electrons. The lowest BCUT2D eigenvalue weighted by Gasteiger charge is -2.31. The largest absolute Gasteiger partial charge is 0.356 e. The second kappa shape index (κ2) is 12.6. The Balaban J connectivity index is 0.00000420. The van der Waals surface area contributed by atoms with Crippen molar-refractivity contribution in [1.82, 2.24) is 30.3 Å². The van der Waals surface area contributed by atoms with Gasteiger partial charge in [0.1, 0.15) is 12.4 Å². The maximum atomic E-state index is 12.8. The number of aryl methyl sites for hydroxylation is 1.